The van der Waals surface area contributed by atoms with E-state index in [1.165, 1.54) is 12.1 Å². The topological polar surface area (TPSA) is 52.9 Å². The van der Waals surface area contributed by atoms with Crippen molar-refractivity contribution in [3.05, 3.63) is 99.2 Å². The lowest BCUT2D eigenvalue weighted by Crippen LogP contribution is -2.45. The molecule has 1 saturated heterocycles. The van der Waals surface area contributed by atoms with E-state index in [1.54, 1.807) is 16.7 Å². The molecule has 0 spiro atoms. The summed E-state index contributed by atoms with van der Waals surface area (Å²) in [6.45, 7) is 6.95. The van der Waals surface area contributed by atoms with Crippen LogP contribution in [0.25, 0.3) is 5.65 Å². The summed E-state index contributed by atoms with van der Waals surface area (Å²) in [5.74, 6) is -0.406. The van der Waals surface area contributed by atoms with Gasteiger partial charge in [-0.2, -0.15) is 0 Å². The van der Waals surface area contributed by atoms with Gasteiger partial charge in [-0.15, -0.1) is 0 Å². The molecule has 2 aromatic heterocycles. The molecule has 0 saturated carbocycles. The van der Waals surface area contributed by atoms with Crippen LogP contribution in [0.15, 0.2) is 60.8 Å². The van der Waals surface area contributed by atoms with E-state index < -0.39 is 0 Å². The summed E-state index contributed by atoms with van der Waals surface area (Å²) in [5.41, 5.74) is 5.08. The Morgan fingerprint density at radius 3 is 2.32 bits per heavy atom. The van der Waals surface area contributed by atoms with E-state index in [4.69, 9.17) is 23.2 Å². The van der Waals surface area contributed by atoms with Gasteiger partial charge in [-0.25, -0.2) is 9.37 Å². The van der Waals surface area contributed by atoms with Crippen molar-refractivity contribution in [2.45, 2.75) is 26.4 Å². The van der Waals surface area contributed by atoms with E-state index in [9.17, 15) is 9.18 Å². The summed E-state index contributed by atoms with van der Waals surface area (Å²) in [7, 11) is 0. The summed E-state index contributed by atoms with van der Waals surface area (Å²) in [6, 6.07) is 16.7. The predicted octanol–water partition coefficient (Wildman–Crippen LogP) is 5.59. The van der Waals surface area contributed by atoms with Gasteiger partial charge in [0.05, 0.1) is 15.7 Å². The van der Waals surface area contributed by atoms with Crippen molar-refractivity contribution < 1.29 is 9.18 Å². The van der Waals surface area contributed by atoms with Gasteiger partial charge in [-0.1, -0.05) is 54.4 Å². The Kier molecular flexibility index (Phi) is 7.65. The van der Waals surface area contributed by atoms with E-state index in [-0.39, 0.29) is 11.7 Å². The first-order valence-electron chi connectivity index (χ1n) is 12.4. The summed E-state index contributed by atoms with van der Waals surface area (Å²) in [6.07, 6.45) is 2.25. The zero-order valence-corrected chi connectivity index (χ0v) is 22.1. The van der Waals surface area contributed by atoms with Crippen LogP contribution in [0.1, 0.15) is 34.2 Å². The molecule has 3 heterocycles. The monoisotopic (exact) mass is 539 g/mol. The van der Waals surface area contributed by atoms with Crippen molar-refractivity contribution in [3.63, 3.8) is 0 Å². The second kappa shape index (κ2) is 11.1. The molecule has 6 nitrogen and oxygen atoms in total. The molecular formula is C28H28Cl2FN5O. The quantitative estimate of drug-likeness (QED) is 0.332. The van der Waals surface area contributed by atoms with E-state index >= 15 is 0 Å². The molecule has 0 unspecified atom stereocenters. The Hall–Kier alpha value is -3.13. The predicted molar refractivity (Wildman–Crippen MR) is 146 cm³/mol. The minimum atomic E-state index is -0.205. The van der Waals surface area contributed by atoms with Gasteiger partial charge in [0.1, 0.15) is 17.2 Å². The first kappa shape index (κ1) is 25.5. The molecule has 1 N–H and O–H groups in total. The average Bonchev–Trinajstić information content (AvgIpc) is 3.27. The molecule has 4 aromatic rings. The second-order valence-corrected chi connectivity index (χ2v) is 10.0. The molecule has 0 radical (unpaired) electrons. The van der Waals surface area contributed by atoms with Crippen molar-refractivity contribution in [2.75, 3.05) is 31.1 Å². The Labute approximate surface area is 225 Å². The van der Waals surface area contributed by atoms with E-state index in [0.29, 0.717) is 40.0 Å². The van der Waals surface area contributed by atoms with Crippen LogP contribution >= 0.6 is 23.2 Å². The van der Waals surface area contributed by atoms with Crippen LogP contribution in [0.2, 0.25) is 10.0 Å². The van der Waals surface area contributed by atoms with E-state index in [2.05, 4.69) is 32.2 Å². The lowest BCUT2D eigenvalue weighted by molar-refractivity contribution is 0.0944. The van der Waals surface area contributed by atoms with Crippen molar-refractivity contribution >= 4 is 40.4 Å². The van der Waals surface area contributed by atoms with Crippen molar-refractivity contribution in [1.82, 2.24) is 19.6 Å². The molecular weight excluding hydrogens is 512 g/mol. The number of aryl methyl sites for hydroxylation is 1. The van der Waals surface area contributed by atoms with Crippen LogP contribution < -0.4 is 10.2 Å². The molecule has 1 fully saturated rings. The number of imidazole rings is 1. The molecule has 0 aliphatic carbocycles. The van der Waals surface area contributed by atoms with Gasteiger partial charge in [0.25, 0.3) is 5.91 Å². The number of amides is 1. The van der Waals surface area contributed by atoms with Crippen molar-refractivity contribution in [3.8, 4) is 0 Å². The fraction of sp³-hybridized carbons (Fsp3) is 0.286. The maximum absolute atomic E-state index is 13.1. The van der Waals surface area contributed by atoms with Gasteiger partial charge < -0.3 is 10.2 Å². The molecule has 1 aliphatic heterocycles. The molecule has 0 atom stereocenters. The van der Waals surface area contributed by atoms with Gasteiger partial charge in [-0.3, -0.25) is 14.1 Å². The van der Waals surface area contributed by atoms with Crippen LogP contribution in [0, 0.1) is 5.82 Å². The highest BCUT2D eigenvalue weighted by Crippen LogP contribution is 2.25. The largest absolute Gasteiger partial charge is 0.369 e. The number of rotatable bonds is 7. The molecule has 5 rings (SSSR count). The maximum Gasteiger partial charge on any atom is 0.270 e. The summed E-state index contributed by atoms with van der Waals surface area (Å²) >= 11 is 12.3. The normalized spacial score (nSPS) is 14.3. The molecule has 1 aliphatic rings. The van der Waals surface area contributed by atoms with Crippen LogP contribution in [0.3, 0.4) is 0 Å². The summed E-state index contributed by atoms with van der Waals surface area (Å²) in [4.78, 5) is 22.4. The van der Waals surface area contributed by atoms with Gasteiger partial charge in [0.2, 0.25) is 0 Å². The van der Waals surface area contributed by atoms with Gasteiger partial charge in [-0.05, 0) is 41.8 Å². The number of piperazine rings is 1. The number of fused-ring (bicyclic) bond motifs is 1. The van der Waals surface area contributed by atoms with Crippen molar-refractivity contribution in [1.29, 1.82) is 0 Å². The standard InChI is InChI=1S/C28H28Cl2FN5O/c1-2-25-27(36-18-24(30)23(29)15-26(36)33-25)28(37)32-16-19-5-9-22(10-6-19)35-13-11-34(12-14-35)17-20-3-7-21(31)8-4-20/h3-10,15,18H,2,11-14,16-17H2,1H3,(H,32,37). The first-order valence-corrected chi connectivity index (χ1v) is 13.1. The third-order valence-corrected chi connectivity index (χ3v) is 7.44. The number of nitrogens with one attached hydrogen (secondary N) is 1. The Bertz CT molecular complexity index is 1400. The van der Waals surface area contributed by atoms with Gasteiger partial charge >= 0.3 is 0 Å². The van der Waals surface area contributed by atoms with Crippen LogP contribution in [-0.4, -0.2) is 46.4 Å². The number of hydrogen-bond acceptors (Lipinski definition) is 4. The Morgan fingerprint density at radius 2 is 1.65 bits per heavy atom. The van der Waals surface area contributed by atoms with Gasteiger partial charge in [0.15, 0.2) is 0 Å². The van der Waals surface area contributed by atoms with Crippen LogP contribution in [0.4, 0.5) is 10.1 Å². The molecule has 192 valence electrons. The average molecular weight is 540 g/mol. The minimum Gasteiger partial charge on any atom is -0.369 e. The minimum absolute atomic E-state index is 0.201. The molecule has 2 aromatic carbocycles. The molecule has 37 heavy (non-hydrogen) atoms. The number of halogens is 3. The SMILES string of the molecule is CCc1nc2cc(Cl)c(Cl)cn2c1C(=O)NCc1ccc(N2CCN(Cc3ccc(F)cc3)CC2)cc1. The third-order valence-electron chi connectivity index (χ3n) is 6.73. The van der Waals surface area contributed by atoms with Crippen LogP contribution in [0.5, 0.6) is 0 Å². The molecule has 0 bridgehead atoms. The third kappa shape index (κ3) is 5.74. The fourth-order valence-electron chi connectivity index (χ4n) is 4.68. The summed E-state index contributed by atoms with van der Waals surface area (Å²) in [5, 5.41) is 3.79. The number of aromatic nitrogens is 2. The summed E-state index contributed by atoms with van der Waals surface area (Å²) < 4.78 is 14.8. The number of pyridine rings is 1. The highest BCUT2D eigenvalue weighted by atomic mass is 35.5. The number of anilines is 1. The zero-order chi connectivity index (χ0) is 25.9. The zero-order valence-electron chi connectivity index (χ0n) is 20.6. The Balaban J connectivity index is 1.17. The Morgan fingerprint density at radius 1 is 0.973 bits per heavy atom. The second-order valence-electron chi connectivity index (χ2n) is 9.20. The highest BCUT2D eigenvalue weighted by molar-refractivity contribution is 6.42. The van der Waals surface area contributed by atoms with Gasteiger partial charge in [0, 0.05) is 57.2 Å². The number of nitrogens with zero attached hydrogens (tertiary/aromatic N) is 4. The first-order chi connectivity index (χ1) is 17.9. The number of carbonyl (C=O) groups is 1. The van der Waals surface area contributed by atoms with Crippen molar-refractivity contribution in [2.24, 2.45) is 0 Å². The number of benzene rings is 2. The van der Waals surface area contributed by atoms with E-state index in [0.717, 1.165) is 49.5 Å². The maximum atomic E-state index is 13.1. The highest BCUT2D eigenvalue weighted by Gasteiger charge is 2.20. The fourth-order valence-corrected chi connectivity index (χ4v) is 4.98. The lowest BCUT2D eigenvalue weighted by atomic mass is 10.1. The van der Waals surface area contributed by atoms with E-state index in [1.807, 2.05) is 31.2 Å². The van der Waals surface area contributed by atoms with Crippen LogP contribution in [-0.2, 0) is 19.5 Å². The molecule has 1 amide bonds. The smallest absolute Gasteiger partial charge is 0.270 e. The number of hydrogen-bond donors (Lipinski definition) is 1. The molecule has 9 heteroatoms. The number of carbonyl (C=O) groups excluding carboxylic acids is 1. The lowest BCUT2D eigenvalue weighted by Gasteiger charge is -2.36.